The number of para-hydroxylation sites is 1. The van der Waals surface area contributed by atoms with Crippen LogP contribution in [0.2, 0.25) is 5.02 Å². The molecule has 2 aromatic rings. The predicted octanol–water partition coefficient (Wildman–Crippen LogP) is 3.63. The molecule has 220 valence electrons. The van der Waals surface area contributed by atoms with E-state index in [2.05, 4.69) is 0 Å². The number of aliphatic hydroxyl groups is 1. The molecule has 4 aliphatic rings. The molecule has 2 fully saturated rings. The van der Waals surface area contributed by atoms with Gasteiger partial charge in [-0.15, -0.1) is 0 Å². The van der Waals surface area contributed by atoms with Crippen molar-refractivity contribution in [3.05, 3.63) is 89.5 Å². The Hall–Kier alpha value is -3.46. The SMILES string of the molecule is CCCN1CC=C[C@@]2(C)O[C@]34C=CCN(c5ccccc5Cl)C(=O)C3N([C@@H](CO)Cc3ccccc3)C(=O)[C@@H]4[C@H]2C1=O. The molecule has 6 rings (SSSR count). The summed E-state index contributed by atoms with van der Waals surface area (Å²) in [4.78, 5) is 48.5. The van der Waals surface area contributed by atoms with E-state index in [1.165, 1.54) is 4.90 Å². The molecule has 8 nitrogen and oxygen atoms in total. The molecule has 0 saturated carbocycles. The van der Waals surface area contributed by atoms with Crippen LogP contribution in [-0.4, -0.2) is 82.2 Å². The number of carbonyl (C=O) groups excluding carboxylic acids is 3. The number of hydrogen-bond donors (Lipinski definition) is 1. The molecule has 0 radical (unpaired) electrons. The zero-order valence-corrected chi connectivity index (χ0v) is 24.6. The summed E-state index contributed by atoms with van der Waals surface area (Å²) in [6.45, 7) is 4.70. The van der Waals surface area contributed by atoms with Gasteiger partial charge in [0.15, 0.2) is 0 Å². The largest absolute Gasteiger partial charge is 0.394 e. The van der Waals surface area contributed by atoms with Gasteiger partial charge in [-0.1, -0.05) is 85.3 Å². The number of hydrogen-bond acceptors (Lipinski definition) is 5. The first-order valence-electron chi connectivity index (χ1n) is 14.6. The van der Waals surface area contributed by atoms with Crippen LogP contribution in [-0.2, 0) is 25.5 Å². The highest BCUT2D eigenvalue weighted by Gasteiger charge is 2.75. The zero-order chi connectivity index (χ0) is 29.6. The van der Waals surface area contributed by atoms with E-state index in [1.807, 2.05) is 74.5 Å². The number of benzene rings is 2. The van der Waals surface area contributed by atoms with Gasteiger partial charge in [-0.3, -0.25) is 14.4 Å². The number of aliphatic hydroxyl groups excluding tert-OH is 1. The number of anilines is 1. The fourth-order valence-electron chi connectivity index (χ4n) is 7.40. The molecule has 6 atom stereocenters. The number of nitrogens with zero attached hydrogens (tertiary/aromatic N) is 3. The molecule has 4 aliphatic heterocycles. The second-order valence-electron chi connectivity index (χ2n) is 11.8. The lowest BCUT2D eigenvalue weighted by Gasteiger charge is -2.40. The zero-order valence-electron chi connectivity index (χ0n) is 23.9. The third-order valence-electron chi connectivity index (χ3n) is 9.13. The second kappa shape index (κ2) is 11.0. The molecule has 2 aromatic carbocycles. The summed E-state index contributed by atoms with van der Waals surface area (Å²) in [6, 6.07) is 14.8. The molecule has 0 bridgehead atoms. The molecular weight excluding hydrogens is 554 g/mol. The van der Waals surface area contributed by atoms with Crippen LogP contribution in [0.15, 0.2) is 78.9 Å². The highest BCUT2D eigenvalue weighted by atomic mass is 35.5. The first kappa shape index (κ1) is 28.6. The number of likely N-dealkylation sites (tertiary alicyclic amines) is 1. The summed E-state index contributed by atoms with van der Waals surface area (Å²) in [5.74, 6) is -2.65. The predicted molar refractivity (Wildman–Crippen MR) is 160 cm³/mol. The van der Waals surface area contributed by atoms with Gasteiger partial charge in [-0.2, -0.15) is 0 Å². The van der Waals surface area contributed by atoms with Gasteiger partial charge >= 0.3 is 0 Å². The molecule has 0 aromatic heterocycles. The summed E-state index contributed by atoms with van der Waals surface area (Å²) < 4.78 is 6.91. The topological polar surface area (TPSA) is 90.4 Å². The summed E-state index contributed by atoms with van der Waals surface area (Å²) in [5, 5.41) is 11.1. The van der Waals surface area contributed by atoms with Crippen molar-refractivity contribution in [2.75, 3.05) is 31.1 Å². The number of halogens is 1. The summed E-state index contributed by atoms with van der Waals surface area (Å²) in [6.07, 6.45) is 8.57. The van der Waals surface area contributed by atoms with Crippen molar-refractivity contribution in [3.8, 4) is 0 Å². The van der Waals surface area contributed by atoms with E-state index in [-0.39, 0.29) is 30.9 Å². The Balaban J connectivity index is 1.51. The van der Waals surface area contributed by atoms with E-state index in [0.717, 1.165) is 12.0 Å². The average Bonchev–Trinajstić information content (AvgIpc) is 3.26. The van der Waals surface area contributed by atoms with Gasteiger partial charge in [0.1, 0.15) is 11.6 Å². The Bertz CT molecular complexity index is 1450. The molecule has 4 heterocycles. The molecule has 42 heavy (non-hydrogen) atoms. The number of rotatable bonds is 7. The quantitative estimate of drug-likeness (QED) is 0.498. The summed E-state index contributed by atoms with van der Waals surface area (Å²) in [5.41, 5.74) is -1.07. The highest BCUT2D eigenvalue weighted by Crippen LogP contribution is 2.58. The lowest BCUT2D eigenvalue weighted by atomic mass is 9.74. The van der Waals surface area contributed by atoms with Gasteiger partial charge in [0, 0.05) is 19.6 Å². The Kier molecular flexibility index (Phi) is 7.50. The molecule has 1 N–H and O–H groups in total. The van der Waals surface area contributed by atoms with Crippen LogP contribution in [0.25, 0.3) is 0 Å². The van der Waals surface area contributed by atoms with Gasteiger partial charge in [0.05, 0.1) is 40.8 Å². The Morgan fingerprint density at radius 3 is 2.38 bits per heavy atom. The number of carbonyl (C=O) groups is 3. The van der Waals surface area contributed by atoms with Gasteiger partial charge in [-0.25, -0.2) is 0 Å². The van der Waals surface area contributed by atoms with Crippen LogP contribution >= 0.6 is 11.6 Å². The fraction of sp³-hybridized carbons (Fsp3) is 0.424. The summed E-state index contributed by atoms with van der Waals surface area (Å²) in [7, 11) is 0. The Morgan fingerprint density at radius 1 is 0.952 bits per heavy atom. The van der Waals surface area contributed by atoms with E-state index in [4.69, 9.17) is 16.3 Å². The Morgan fingerprint density at radius 2 is 1.67 bits per heavy atom. The molecule has 1 spiro atoms. The van der Waals surface area contributed by atoms with Crippen molar-refractivity contribution in [3.63, 3.8) is 0 Å². The maximum atomic E-state index is 14.7. The monoisotopic (exact) mass is 589 g/mol. The lowest BCUT2D eigenvalue weighted by Crippen LogP contribution is -2.59. The van der Waals surface area contributed by atoms with Crippen molar-refractivity contribution in [1.29, 1.82) is 0 Å². The standard InChI is InChI=1S/C33H36ClN3O5/c1-3-17-35-18-9-15-32(2)26(29(35)39)27-30(40)37(23(21-38)20-22-11-5-4-6-12-22)28-31(41)36(19-10-16-33(27,28)42-32)25-14-8-7-13-24(25)34/h4-16,23,26-28,38H,3,17-21H2,1-2H3/t23-,26+,27+,28?,32-,33+/m1/s1. The number of amides is 3. The maximum absolute atomic E-state index is 14.7. The second-order valence-corrected chi connectivity index (χ2v) is 12.2. The van der Waals surface area contributed by atoms with Crippen molar-refractivity contribution in [2.45, 2.75) is 50.0 Å². The van der Waals surface area contributed by atoms with Crippen LogP contribution in [0.4, 0.5) is 5.69 Å². The van der Waals surface area contributed by atoms with E-state index in [0.29, 0.717) is 30.2 Å². The number of ether oxygens (including phenoxy) is 1. The molecule has 3 amide bonds. The van der Waals surface area contributed by atoms with Crippen LogP contribution in [0.5, 0.6) is 0 Å². The van der Waals surface area contributed by atoms with E-state index < -0.39 is 35.1 Å². The normalized spacial score (nSPS) is 31.1. The van der Waals surface area contributed by atoms with E-state index in [9.17, 15) is 19.5 Å². The first-order chi connectivity index (χ1) is 20.3. The van der Waals surface area contributed by atoms with Crippen LogP contribution < -0.4 is 4.90 Å². The third-order valence-corrected chi connectivity index (χ3v) is 9.45. The highest BCUT2D eigenvalue weighted by molar-refractivity contribution is 6.34. The van der Waals surface area contributed by atoms with Crippen molar-refractivity contribution < 1.29 is 24.2 Å². The Labute approximate surface area is 251 Å². The van der Waals surface area contributed by atoms with Crippen LogP contribution in [0.1, 0.15) is 25.8 Å². The average molecular weight is 590 g/mol. The van der Waals surface area contributed by atoms with Gasteiger partial charge in [0.2, 0.25) is 11.8 Å². The van der Waals surface area contributed by atoms with Gasteiger partial charge in [-0.05, 0) is 37.5 Å². The van der Waals surface area contributed by atoms with Crippen LogP contribution in [0.3, 0.4) is 0 Å². The van der Waals surface area contributed by atoms with E-state index >= 15 is 0 Å². The molecular formula is C33H36ClN3O5. The molecule has 9 heteroatoms. The maximum Gasteiger partial charge on any atom is 0.253 e. The molecule has 2 saturated heterocycles. The van der Waals surface area contributed by atoms with E-state index in [1.54, 1.807) is 28.0 Å². The first-order valence-corrected chi connectivity index (χ1v) is 15.0. The third kappa shape index (κ3) is 4.39. The van der Waals surface area contributed by atoms with Gasteiger partial charge < -0.3 is 24.5 Å². The number of fused-ring (bicyclic) bond motifs is 2. The van der Waals surface area contributed by atoms with Crippen molar-refractivity contribution in [2.24, 2.45) is 11.8 Å². The van der Waals surface area contributed by atoms with Crippen molar-refractivity contribution >= 4 is 35.0 Å². The van der Waals surface area contributed by atoms with Crippen molar-refractivity contribution in [1.82, 2.24) is 9.80 Å². The van der Waals surface area contributed by atoms with Crippen LogP contribution in [0, 0.1) is 11.8 Å². The summed E-state index contributed by atoms with van der Waals surface area (Å²) >= 11 is 6.57. The molecule has 1 unspecified atom stereocenters. The minimum atomic E-state index is -1.41. The minimum Gasteiger partial charge on any atom is -0.394 e. The smallest absolute Gasteiger partial charge is 0.253 e. The minimum absolute atomic E-state index is 0.156. The van der Waals surface area contributed by atoms with Gasteiger partial charge in [0.25, 0.3) is 5.91 Å². The fourth-order valence-corrected chi connectivity index (χ4v) is 7.64. The lowest BCUT2D eigenvalue weighted by molar-refractivity contribution is -0.151. The molecule has 0 aliphatic carbocycles.